The van der Waals surface area contributed by atoms with E-state index in [1.165, 1.54) is 24.3 Å². The minimum atomic E-state index is -5.03. The fourth-order valence-corrected chi connectivity index (χ4v) is 2.45. The highest BCUT2D eigenvalue weighted by Crippen LogP contribution is 2.32. The number of nitrogens with zero attached hydrogens (tertiary/aromatic N) is 4. The van der Waals surface area contributed by atoms with Crippen molar-refractivity contribution in [2.24, 2.45) is 0 Å². The number of alkyl halides is 3. The van der Waals surface area contributed by atoms with E-state index in [2.05, 4.69) is 10.3 Å². The molecule has 2 N–H and O–H groups in total. The summed E-state index contributed by atoms with van der Waals surface area (Å²) in [6, 6.07) is 11.6. The second kappa shape index (κ2) is 9.13. The Morgan fingerprint density at radius 1 is 1.06 bits per heavy atom. The number of carbonyl (C=O) groups excluding carboxylic acids is 2. The molecule has 0 aliphatic carbocycles. The number of hydrogen-bond donors (Lipinski definition) is 2. The summed E-state index contributed by atoms with van der Waals surface area (Å²) in [6.45, 7) is -0.569. The van der Waals surface area contributed by atoms with Crippen LogP contribution in [-0.2, 0) is 11.0 Å². The molecule has 32 heavy (non-hydrogen) atoms. The summed E-state index contributed by atoms with van der Waals surface area (Å²) in [5.74, 6) is -2.67. The molecule has 0 saturated carbocycles. The third-order valence-electron chi connectivity index (χ3n) is 3.89. The molecule has 3 aromatic rings. The van der Waals surface area contributed by atoms with Crippen LogP contribution in [-0.4, -0.2) is 33.4 Å². The van der Waals surface area contributed by atoms with E-state index in [1.807, 2.05) is 11.5 Å². The number of benzene rings is 2. The minimum Gasteiger partial charge on any atom is -0.484 e. The van der Waals surface area contributed by atoms with Gasteiger partial charge in [-0.25, -0.2) is 9.07 Å². The van der Waals surface area contributed by atoms with Crippen LogP contribution >= 0.6 is 0 Å². The lowest BCUT2D eigenvalue weighted by molar-refractivity contribution is -0.143. The number of ether oxygens (including phenoxy) is 1. The largest absolute Gasteiger partial charge is 0.484 e. The van der Waals surface area contributed by atoms with Crippen molar-refractivity contribution in [1.29, 1.82) is 5.26 Å². The van der Waals surface area contributed by atoms with Crippen molar-refractivity contribution >= 4 is 11.8 Å². The molecule has 13 heteroatoms. The molecule has 1 heterocycles. The lowest BCUT2D eigenvalue weighted by atomic mass is 10.2. The molecule has 0 bridgehead atoms. The molecular formula is C19H12F4N6O3. The van der Waals surface area contributed by atoms with Crippen LogP contribution in [0.5, 0.6) is 5.75 Å². The molecule has 0 atom stereocenters. The molecular weight excluding hydrogens is 436 g/mol. The van der Waals surface area contributed by atoms with E-state index in [9.17, 15) is 27.2 Å². The van der Waals surface area contributed by atoms with Gasteiger partial charge in [-0.15, -0.1) is 5.10 Å². The van der Waals surface area contributed by atoms with Crippen molar-refractivity contribution in [3.63, 3.8) is 0 Å². The van der Waals surface area contributed by atoms with E-state index < -0.39 is 41.8 Å². The van der Waals surface area contributed by atoms with E-state index in [-0.39, 0.29) is 11.4 Å². The number of amides is 2. The number of nitriles is 1. The molecule has 0 radical (unpaired) electrons. The SMILES string of the molecule is N#Cc1ccc(OCC(=O)NNC(=O)c2nnn(-c3ccc(F)cc3)c2C(F)(F)F)cc1. The van der Waals surface area contributed by atoms with Crippen LogP contribution in [0.1, 0.15) is 21.7 Å². The molecule has 0 aliphatic heterocycles. The Bertz CT molecular complexity index is 1170. The van der Waals surface area contributed by atoms with Gasteiger partial charge in [0.25, 0.3) is 11.8 Å². The lowest BCUT2D eigenvalue weighted by Crippen LogP contribution is -2.44. The van der Waals surface area contributed by atoms with Crippen LogP contribution in [0.25, 0.3) is 5.69 Å². The third-order valence-corrected chi connectivity index (χ3v) is 3.89. The Morgan fingerprint density at radius 2 is 1.72 bits per heavy atom. The van der Waals surface area contributed by atoms with Crippen LogP contribution in [0.2, 0.25) is 0 Å². The molecule has 0 aliphatic rings. The smallest absolute Gasteiger partial charge is 0.435 e. The third kappa shape index (κ3) is 5.17. The van der Waals surface area contributed by atoms with E-state index in [4.69, 9.17) is 10.00 Å². The van der Waals surface area contributed by atoms with Crippen LogP contribution in [0.15, 0.2) is 48.5 Å². The number of aromatic nitrogens is 3. The zero-order chi connectivity index (χ0) is 23.3. The second-order valence-electron chi connectivity index (χ2n) is 6.10. The van der Waals surface area contributed by atoms with Gasteiger partial charge in [0.1, 0.15) is 11.6 Å². The van der Waals surface area contributed by atoms with Crippen LogP contribution in [0.3, 0.4) is 0 Å². The maximum atomic E-state index is 13.5. The van der Waals surface area contributed by atoms with E-state index >= 15 is 0 Å². The van der Waals surface area contributed by atoms with Crippen molar-refractivity contribution in [2.45, 2.75) is 6.18 Å². The van der Waals surface area contributed by atoms with Crippen molar-refractivity contribution in [3.05, 3.63) is 71.3 Å². The zero-order valence-corrected chi connectivity index (χ0v) is 15.9. The number of nitrogens with one attached hydrogen (secondary N) is 2. The first-order valence-electron chi connectivity index (χ1n) is 8.70. The zero-order valence-electron chi connectivity index (χ0n) is 15.9. The van der Waals surface area contributed by atoms with Gasteiger partial charge >= 0.3 is 6.18 Å². The summed E-state index contributed by atoms with van der Waals surface area (Å²) in [4.78, 5) is 24.0. The maximum absolute atomic E-state index is 13.5. The molecule has 164 valence electrons. The van der Waals surface area contributed by atoms with Crippen molar-refractivity contribution in [3.8, 4) is 17.5 Å². The average molecular weight is 448 g/mol. The van der Waals surface area contributed by atoms with Crippen molar-refractivity contribution in [2.75, 3.05) is 6.61 Å². The summed E-state index contributed by atoms with van der Waals surface area (Å²) in [7, 11) is 0. The molecule has 0 fully saturated rings. The lowest BCUT2D eigenvalue weighted by Gasteiger charge is -2.12. The first kappa shape index (κ1) is 22.2. The quantitative estimate of drug-likeness (QED) is 0.456. The average Bonchev–Trinajstić information content (AvgIpc) is 3.23. The van der Waals surface area contributed by atoms with Crippen LogP contribution in [0.4, 0.5) is 17.6 Å². The van der Waals surface area contributed by atoms with Crippen molar-refractivity contribution in [1.82, 2.24) is 25.8 Å². The molecule has 3 rings (SSSR count). The van der Waals surface area contributed by atoms with E-state index in [0.29, 0.717) is 10.2 Å². The maximum Gasteiger partial charge on any atom is 0.435 e. The second-order valence-corrected chi connectivity index (χ2v) is 6.10. The van der Waals surface area contributed by atoms with Gasteiger partial charge in [0.05, 0.1) is 17.3 Å². The molecule has 0 unspecified atom stereocenters. The fraction of sp³-hybridized carbons (Fsp3) is 0.105. The van der Waals surface area contributed by atoms with E-state index in [0.717, 1.165) is 24.3 Å². The number of hydrazine groups is 1. The molecule has 0 saturated heterocycles. The number of rotatable bonds is 5. The minimum absolute atomic E-state index is 0.176. The van der Waals surface area contributed by atoms with Crippen LogP contribution < -0.4 is 15.6 Å². The Labute approximate surface area is 177 Å². The topological polar surface area (TPSA) is 122 Å². The highest BCUT2D eigenvalue weighted by molar-refractivity contribution is 5.95. The summed E-state index contributed by atoms with van der Waals surface area (Å²) in [6.07, 6.45) is -5.03. The molecule has 1 aromatic heterocycles. The first-order chi connectivity index (χ1) is 15.2. The van der Waals surface area contributed by atoms with Gasteiger partial charge in [0.15, 0.2) is 18.0 Å². The van der Waals surface area contributed by atoms with E-state index in [1.54, 1.807) is 5.43 Å². The van der Waals surface area contributed by atoms with Gasteiger partial charge in [-0.1, -0.05) is 5.21 Å². The fourth-order valence-electron chi connectivity index (χ4n) is 2.45. The molecule has 2 amide bonds. The Balaban J connectivity index is 1.67. The summed E-state index contributed by atoms with van der Waals surface area (Å²) in [5, 5.41) is 15.3. The molecule has 2 aromatic carbocycles. The standard InChI is InChI=1S/C19H12F4N6O3/c20-12-3-5-13(6-4-12)29-17(19(21,22)23)16(26-28-29)18(31)27-25-15(30)10-32-14-7-1-11(9-24)2-8-14/h1-8H,10H2,(H,25,30)(H,27,31). The number of halogens is 4. The van der Waals surface area contributed by atoms with Gasteiger partial charge < -0.3 is 4.74 Å². The Kier molecular flexibility index (Phi) is 6.34. The van der Waals surface area contributed by atoms with Crippen molar-refractivity contribution < 1.29 is 31.9 Å². The Hall–Kier alpha value is -4.47. The normalized spacial score (nSPS) is 10.8. The predicted octanol–water partition coefficient (Wildman–Crippen LogP) is 2.14. The van der Waals surface area contributed by atoms with Gasteiger partial charge in [0, 0.05) is 0 Å². The first-order valence-corrected chi connectivity index (χ1v) is 8.70. The molecule has 9 nitrogen and oxygen atoms in total. The summed E-state index contributed by atoms with van der Waals surface area (Å²) < 4.78 is 59.2. The summed E-state index contributed by atoms with van der Waals surface area (Å²) >= 11 is 0. The highest BCUT2D eigenvalue weighted by Gasteiger charge is 2.42. The Morgan fingerprint density at radius 3 is 2.31 bits per heavy atom. The van der Waals surface area contributed by atoms with Gasteiger partial charge in [0.2, 0.25) is 0 Å². The summed E-state index contributed by atoms with van der Waals surface area (Å²) in [5.41, 5.74) is 1.29. The van der Waals surface area contributed by atoms with Gasteiger partial charge in [-0.3, -0.25) is 20.4 Å². The number of carbonyl (C=O) groups is 2. The van der Waals surface area contributed by atoms with Gasteiger partial charge in [-0.05, 0) is 48.5 Å². The van der Waals surface area contributed by atoms with Gasteiger partial charge in [-0.2, -0.15) is 18.4 Å². The monoisotopic (exact) mass is 448 g/mol. The highest BCUT2D eigenvalue weighted by atomic mass is 19.4. The molecule has 0 spiro atoms. The predicted molar refractivity (Wildman–Crippen MR) is 98.6 cm³/mol. The van der Waals surface area contributed by atoms with Crippen LogP contribution in [0, 0.1) is 17.1 Å². The number of hydrogen-bond acceptors (Lipinski definition) is 6.